The summed E-state index contributed by atoms with van der Waals surface area (Å²) in [5.41, 5.74) is 2.28. The zero-order chi connectivity index (χ0) is 24.7. The molecule has 3 aromatic rings. The summed E-state index contributed by atoms with van der Waals surface area (Å²) in [5, 5.41) is 3.54. The van der Waals surface area contributed by atoms with Crippen LogP contribution in [-0.4, -0.2) is 25.2 Å². The first-order valence-corrected chi connectivity index (χ1v) is 13.9. The Morgan fingerprint density at radius 3 is 2.06 bits per heavy atom. The Hall–Kier alpha value is -2.67. The number of rotatable bonds is 9. The fourth-order valence-electron chi connectivity index (χ4n) is 4.46. The van der Waals surface area contributed by atoms with E-state index >= 15 is 0 Å². The van der Waals surface area contributed by atoms with E-state index in [0.717, 1.165) is 11.1 Å². The maximum atomic E-state index is 13.5. The molecule has 0 atom stereocenters. The number of nitrogens with zero attached hydrogens (tertiary/aromatic N) is 1. The van der Waals surface area contributed by atoms with Gasteiger partial charge in [-0.2, -0.15) is 4.31 Å². The van der Waals surface area contributed by atoms with Crippen molar-refractivity contribution in [2.75, 3.05) is 6.54 Å². The Bertz CT molecular complexity index is 1210. The topological polar surface area (TPSA) is 66.5 Å². The molecule has 0 aromatic heterocycles. The van der Waals surface area contributed by atoms with Crippen LogP contribution in [0.2, 0.25) is 5.02 Å². The molecule has 35 heavy (non-hydrogen) atoms. The molecule has 3 aromatic carbocycles. The van der Waals surface area contributed by atoms with E-state index in [-0.39, 0.29) is 23.9 Å². The highest BCUT2D eigenvalue weighted by Crippen LogP contribution is 2.24. The van der Waals surface area contributed by atoms with Gasteiger partial charge in [0.2, 0.25) is 10.0 Å². The highest BCUT2D eigenvalue weighted by molar-refractivity contribution is 7.89. The first kappa shape index (κ1) is 25.4. The molecule has 4 rings (SSSR count). The van der Waals surface area contributed by atoms with E-state index < -0.39 is 10.0 Å². The molecule has 1 aliphatic carbocycles. The Kier molecular flexibility index (Phi) is 8.60. The summed E-state index contributed by atoms with van der Waals surface area (Å²) in [4.78, 5) is 12.8. The molecule has 184 valence electrons. The summed E-state index contributed by atoms with van der Waals surface area (Å²) in [6, 6.07) is 22.9. The lowest BCUT2D eigenvalue weighted by Gasteiger charge is -2.23. The normalized spacial score (nSPS) is 14.7. The Labute approximate surface area is 213 Å². The molecule has 5 nitrogen and oxygen atoms in total. The largest absolute Gasteiger partial charge is 0.352 e. The summed E-state index contributed by atoms with van der Waals surface area (Å²) < 4.78 is 28.4. The lowest BCUT2D eigenvalue weighted by Crippen LogP contribution is -2.31. The fourth-order valence-corrected chi connectivity index (χ4v) is 6.01. The van der Waals surface area contributed by atoms with Crippen LogP contribution in [0.3, 0.4) is 0 Å². The van der Waals surface area contributed by atoms with Gasteiger partial charge in [-0.1, -0.05) is 73.3 Å². The van der Waals surface area contributed by atoms with Crippen LogP contribution in [0.4, 0.5) is 0 Å². The number of hydrogen-bond donors (Lipinski definition) is 1. The molecule has 1 N–H and O–H groups in total. The van der Waals surface area contributed by atoms with Gasteiger partial charge in [-0.25, -0.2) is 8.42 Å². The second-order valence-electron chi connectivity index (χ2n) is 9.12. The smallest absolute Gasteiger partial charge is 0.251 e. The van der Waals surface area contributed by atoms with Crippen molar-refractivity contribution in [3.8, 4) is 0 Å². The van der Waals surface area contributed by atoms with Crippen molar-refractivity contribution >= 4 is 27.5 Å². The van der Waals surface area contributed by atoms with Crippen molar-refractivity contribution in [3.63, 3.8) is 0 Å². The van der Waals surface area contributed by atoms with E-state index in [4.69, 9.17) is 11.6 Å². The standard InChI is InChI=1S/C28H31ClN2O3S/c29-26-15-17-27(18-16-26)35(33,34)31(20-23-9-5-2-6-10-23)21-24-11-13-25(14-12-24)28(32)30-19-22-7-3-1-4-8-22/h2,5-6,9-18,22H,1,3-4,7-8,19-21H2,(H,30,32). The van der Waals surface area contributed by atoms with Gasteiger partial charge in [0.05, 0.1) is 4.90 Å². The van der Waals surface area contributed by atoms with Gasteiger partial charge in [0, 0.05) is 30.2 Å². The molecule has 0 bridgehead atoms. The molecular weight excluding hydrogens is 480 g/mol. The van der Waals surface area contributed by atoms with Gasteiger partial charge in [-0.3, -0.25) is 4.79 Å². The molecule has 7 heteroatoms. The highest BCUT2D eigenvalue weighted by Gasteiger charge is 2.25. The van der Waals surface area contributed by atoms with Crippen LogP contribution >= 0.6 is 11.6 Å². The monoisotopic (exact) mass is 510 g/mol. The quantitative estimate of drug-likeness (QED) is 0.381. The fraction of sp³-hybridized carbons (Fsp3) is 0.321. The molecule has 0 saturated heterocycles. The summed E-state index contributed by atoms with van der Waals surface area (Å²) in [7, 11) is -3.77. The van der Waals surface area contributed by atoms with E-state index in [9.17, 15) is 13.2 Å². The SMILES string of the molecule is O=C(NCC1CCCCC1)c1ccc(CN(Cc2ccccc2)S(=O)(=O)c2ccc(Cl)cc2)cc1. The third-order valence-corrected chi connectivity index (χ3v) is 8.56. The molecular formula is C28H31ClN2O3S. The van der Waals surface area contributed by atoms with Crippen LogP contribution in [0, 0.1) is 5.92 Å². The van der Waals surface area contributed by atoms with Gasteiger partial charge in [-0.15, -0.1) is 0 Å². The maximum Gasteiger partial charge on any atom is 0.251 e. The van der Waals surface area contributed by atoms with E-state index in [1.54, 1.807) is 24.3 Å². The number of amides is 1. The number of halogens is 1. The summed E-state index contributed by atoms with van der Waals surface area (Å²) in [6.07, 6.45) is 6.14. The van der Waals surface area contributed by atoms with Crippen molar-refractivity contribution in [1.82, 2.24) is 9.62 Å². The molecule has 1 saturated carbocycles. The lowest BCUT2D eigenvalue weighted by molar-refractivity contribution is 0.0943. The second kappa shape index (κ2) is 11.8. The number of sulfonamides is 1. The molecule has 0 aliphatic heterocycles. The van der Waals surface area contributed by atoms with E-state index in [1.807, 2.05) is 42.5 Å². The predicted molar refractivity (Wildman–Crippen MR) is 140 cm³/mol. The number of carbonyl (C=O) groups excluding carboxylic acids is 1. The molecule has 1 amide bonds. The molecule has 0 radical (unpaired) electrons. The minimum Gasteiger partial charge on any atom is -0.352 e. The van der Waals surface area contributed by atoms with Crippen LogP contribution in [0.15, 0.2) is 83.8 Å². The third-order valence-electron chi connectivity index (χ3n) is 6.50. The number of benzene rings is 3. The van der Waals surface area contributed by atoms with Crippen molar-refractivity contribution in [3.05, 3.63) is 101 Å². The van der Waals surface area contributed by atoms with E-state index in [1.165, 1.54) is 48.5 Å². The second-order valence-corrected chi connectivity index (χ2v) is 11.5. The van der Waals surface area contributed by atoms with Crippen molar-refractivity contribution < 1.29 is 13.2 Å². The van der Waals surface area contributed by atoms with Gasteiger partial charge in [0.1, 0.15) is 0 Å². The van der Waals surface area contributed by atoms with Crippen molar-refractivity contribution in [2.45, 2.75) is 50.1 Å². The Morgan fingerprint density at radius 2 is 1.43 bits per heavy atom. The van der Waals surface area contributed by atoms with Crippen LogP contribution in [0.5, 0.6) is 0 Å². The molecule has 0 heterocycles. The van der Waals surface area contributed by atoms with Crippen LogP contribution in [0.1, 0.15) is 53.6 Å². The third kappa shape index (κ3) is 6.94. The summed E-state index contributed by atoms with van der Waals surface area (Å²) in [5.74, 6) is 0.480. The maximum absolute atomic E-state index is 13.5. The number of carbonyl (C=O) groups is 1. The zero-order valence-corrected chi connectivity index (χ0v) is 21.3. The van der Waals surface area contributed by atoms with Gasteiger partial charge in [-0.05, 0) is 66.3 Å². The number of nitrogens with one attached hydrogen (secondary N) is 1. The lowest BCUT2D eigenvalue weighted by atomic mass is 9.89. The van der Waals surface area contributed by atoms with Crippen molar-refractivity contribution in [1.29, 1.82) is 0 Å². The first-order valence-electron chi connectivity index (χ1n) is 12.1. The van der Waals surface area contributed by atoms with E-state index in [2.05, 4.69) is 5.32 Å². The first-order chi connectivity index (χ1) is 16.9. The predicted octanol–water partition coefficient (Wildman–Crippen LogP) is 6.04. The molecule has 1 aliphatic rings. The average molecular weight is 511 g/mol. The molecule has 1 fully saturated rings. The Balaban J connectivity index is 1.48. The van der Waals surface area contributed by atoms with Gasteiger partial charge < -0.3 is 5.32 Å². The molecule has 0 unspecified atom stereocenters. The summed E-state index contributed by atoms with van der Waals surface area (Å²) >= 11 is 5.97. The Morgan fingerprint density at radius 1 is 0.829 bits per heavy atom. The highest BCUT2D eigenvalue weighted by atomic mass is 35.5. The van der Waals surface area contributed by atoms with Crippen LogP contribution in [-0.2, 0) is 23.1 Å². The van der Waals surface area contributed by atoms with Crippen LogP contribution in [0.25, 0.3) is 0 Å². The minimum atomic E-state index is -3.77. The average Bonchev–Trinajstić information content (AvgIpc) is 2.89. The van der Waals surface area contributed by atoms with Crippen molar-refractivity contribution in [2.24, 2.45) is 5.92 Å². The van der Waals surface area contributed by atoms with Gasteiger partial charge in [0.25, 0.3) is 5.91 Å². The summed E-state index contributed by atoms with van der Waals surface area (Å²) in [6.45, 7) is 1.13. The molecule has 0 spiro atoms. The van der Waals surface area contributed by atoms with Gasteiger partial charge >= 0.3 is 0 Å². The van der Waals surface area contributed by atoms with E-state index in [0.29, 0.717) is 23.0 Å². The van der Waals surface area contributed by atoms with Crippen LogP contribution < -0.4 is 5.32 Å². The minimum absolute atomic E-state index is 0.0861. The van der Waals surface area contributed by atoms with Gasteiger partial charge in [0.15, 0.2) is 0 Å². The zero-order valence-electron chi connectivity index (χ0n) is 19.7. The number of hydrogen-bond acceptors (Lipinski definition) is 3.